The van der Waals surface area contributed by atoms with Crippen LogP contribution in [0.2, 0.25) is 5.02 Å². The third kappa shape index (κ3) is 6.43. The molecule has 0 fully saturated rings. The minimum Gasteiger partial charge on any atom is -0.496 e. The number of thiophene rings is 1. The van der Waals surface area contributed by atoms with Gasteiger partial charge in [0.15, 0.2) is 11.0 Å². The van der Waals surface area contributed by atoms with Crippen molar-refractivity contribution in [3.05, 3.63) is 39.2 Å². The molecule has 0 aliphatic heterocycles. The zero-order chi connectivity index (χ0) is 27.1. The second-order valence-corrected chi connectivity index (χ2v) is 9.83. The quantitative estimate of drug-likeness (QED) is 0.250. The number of ether oxygens (including phenoxy) is 3. The number of rotatable bonds is 11. The number of carbonyl (C=O) groups excluding carboxylic acids is 3. The van der Waals surface area contributed by atoms with Gasteiger partial charge in [-0.1, -0.05) is 23.4 Å². The van der Waals surface area contributed by atoms with Gasteiger partial charge in [-0.25, -0.2) is 9.59 Å². The molecule has 1 aromatic carbocycles. The van der Waals surface area contributed by atoms with Gasteiger partial charge < -0.3 is 24.1 Å². The van der Waals surface area contributed by atoms with Gasteiger partial charge >= 0.3 is 11.9 Å². The van der Waals surface area contributed by atoms with E-state index in [1.54, 1.807) is 46.1 Å². The Hall–Kier alpha value is -3.09. The minimum atomic E-state index is -0.624. The van der Waals surface area contributed by atoms with Crippen LogP contribution in [0.15, 0.2) is 23.4 Å². The Morgan fingerprint density at radius 1 is 1.11 bits per heavy atom. The molecule has 1 amide bonds. The zero-order valence-corrected chi connectivity index (χ0v) is 23.4. The van der Waals surface area contributed by atoms with Crippen LogP contribution >= 0.6 is 34.7 Å². The second-order valence-electron chi connectivity index (χ2n) is 7.43. The first-order chi connectivity index (χ1) is 17.7. The summed E-state index contributed by atoms with van der Waals surface area (Å²) >= 11 is 8.34. The summed E-state index contributed by atoms with van der Waals surface area (Å²) in [4.78, 5) is 38.0. The molecule has 0 saturated carbocycles. The molecule has 10 nitrogen and oxygen atoms in total. The fraction of sp³-hybridized carbons (Fsp3) is 0.375. The number of anilines is 1. The molecular weight excluding hydrogens is 540 g/mol. The Kier molecular flexibility index (Phi) is 9.95. The van der Waals surface area contributed by atoms with Gasteiger partial charge in [-0.3, -0.25) is 4.79 Å². The van der Waals surface area contributed by atoms with E-state index in [1.807, 2.05) is 11.5 Å². The Morgan fingerprint density at radius 3 is 2.46 bits per heavy atom. The molecule has 0 unspecified atom stereocenters. The molecule has 0 bridgehead atoms. The molecule has 3 aromatic rings. The van der Waals surface area contributed by atoms with E-state index in [2.05, 4.69) is 15.5 Å². The van der Waals surface area contributed by atoms with Gasteiger partial charge in [-0.2, -0.15) is 0 Å². The highest BCUT2D eigenvalue weighted by Gasteiger charge is 2.27. The molecule has 37 heavy (non-hydrogen) atoms. The van der Waals surface area contributed by atoms with E-state index in [0.29, 0.717) is 39.4 Å². The lowest BCUT2D eigenvalue weighted by molar-refractivity contribution is -0.113. The zero-order valence-electron chi connectivity index (χ0n) is 21.0. The maximum atomic E-state index is 12.9. The van der Waals surface area contributed by atoms with Crippen LogP contribution in [-0.4, -0.2) is 58.7 Å². The fourth-order valence-electron chi connectivity index (χ4n) is 3.47. The van der Waals surface area contributed by atoms with Crippen LogP contribution in [0.1, 0.15) is 46.4 Å². The summed E-state index contributed by atoms with van der Waals surface area (Å²) in [7, 11) is 1.56. The van der Waals surface area contributed by atoms with Crippen molar-refractivity contribution in [2.24, 2.45) is 0 Å². The summed E-state index contributed by atoms with van der Waals surface area (Å²) < 4.78 is 17.5. The van der Waals surface area contributed by atoms with Gasteiger partial charge in [0.05, 0.1) is 37.2 Å². The standard InChI is InChI=1S/C24H27ClN4O6S2/c1-6-29-20(15-11-14(25)9-10-16(15)33-5)27-28-24(29)36-12-17(30)26-21-18(22(31)34-7-2)13(4)19(37-21)23(32)35-8-3/h9-11H,6-8,12H2,1-5H3,(H,26,30). The Bertz CT molecular complexity index is 1310. The molecule has 3 rings (SSSR count). The number of nitrogens with zero attached hydrogens (tertiary/aromatic N) is 3. The third-order valence-corrected chi connectivity index (χ3v) is 7.50. The molecule has 0 atom stereocenters. The highest BCUT2D eigenvalue weighted by atomic mass is 35.5. The lowest BCUT2D eigenvalue weighted by Gasteiger charge is -2.11. The number of amides is 1. The highest BCUT2D eigenvalue weighted by Crippen LogP contribution is 2.35. The summed E-state index contributed by atoms with van der Waals surface area (Å²) in [6.07, 6.45) is 0. The van der Waals surface area contributed by atoms with E-state index in [9.17, 15) is 14.4 Å². The number of carbonyl (C=O) groups is 3. The number of esters is 2. The van der Waals surface area contributed by atoms with Crippen molar-refractivity contribution in [3.63, 3.8) is 0 Å². The van der Waals surface area contributed by atoms with Crippen LogP contribution < -0.4 is 10.1 Å². The largest absolute Gasteiger partial charge is 0.496 e. The highest BCUT2D eigenvalue weighted by molar-refractivity contribution is 7.99. The topological polar surface area (TPSA) is 122 Å². The van der Waals surface area contributed by atoms with Gasteiger partial charge in [-0.15, -0.1) is 21.5 Å². The molecule has 2 heterocycles. The molecule has 0 aliphatic carbocycles. The molecule has 13 heteroatoms. The van der Waals surface area contributed by atoms with Gasteiger partial charge in [0, 0.05) is 11.6 Å². The van der Waals surface area contributed by atoms with Gasteiger partial charge in [0.2, 0.25) is 5.91 Å². The molecule has 0 spiro atoms. The van der Waals surface area contributed by atoms with E-state index >= 15 is 0 Å². The average Bonchev–Trinajstić information content (AvgIpc) is 3.43. The van der Waals surface area contributed by atoms with Gasteiger partial charge in [-0.05, 0) is 51.5 Å². The maximum Gasteiger partial charge on any atom is 0.348 e. The lowest BCUT2D eigenvalue weighted by Crippen LogP contribution is -2.17. The van der Waals surface area contributed by atoms with E-state index in [0.717, 1.165) is 11.3 Å². The number of benzene rings is 1. The summed E-state index contributed by atoms with van der Waals surface area (Å²) in [5.74, 6) is -0.440. The number of hydrogen-bond acceptors (Lipinski definition) is 10. The second kappa shape index (κ2) is 12.9. The maximum absolute atomic E-state index is 12.9. The van der Waals surface area contributed by atoms with Crippen LogP contribution in [0, 0.1) is 6.92 Å². The van der Waals surface area contributed by atoms with Crippen molar-refractivity contribution in [2.45, 2.75) is 39.4 Å². The van der Waals surface area contributed by atoms with E-state index in [-0.39, 0.29) is 40.3 Å². The molecule has 1 N–H and O–H groups in total. The first kappa shape index (κ1) is 28.5. The normalized spacial score (nSPS) is 10.8. The molecule has 198 valence electrons. The smallest absolute Gasteiger partial charge is 0.348 e. The van der Waals surface area contributed by atoms with Crippen LogP contribution in [0.3, 0.4) is 0 Å². The predicted octanol–water partition coefficient (Wildman–Crippen LogP) is 5.08. The van der Waals surface area contributed by atoms with Crippen LogP contribution in [0.4, 0.5) is 5.00 Å². The molecule has 0 radical (unpaired) electrons. The van der Waals surface area contributed by atoms with E-state index < -0.39 is 11.9 Å². The van der Waals surface area contributed by atoms with Crippen LogP contribution in [0.25, 0.3) is 11.4 Å². The van der Waals surface area contributed by atoms with Crippen molar-refractivity contribution in [3.8, 4) is 17.1 Å². The molecule has 0 aliphatic rings. The van der Waals surface area contributed by atoms with Crippen molar-refractivity contribution >= 4 is 57.5 Å². The Morgan fingerprint density at radius 2 is 1.81 bits per heavy atom. The molecular formula is C24H27ClN4O6S2. The van der Waals surface area contributed by atoms with Crippen molar-refractivity contribution in [1.29, 1.82) is 0 Å². The molecule has 2 aromatic heterocycles. The van der Waals surface area contributed by atoms with Crippen molar-refractivity contribution in [2.75, 3.05) is 31.4 Å². The molecule has 0 saturated heterocycles. The van der Waals surface area contributed by atoms with Crippen molar-refractivity contribution in [1.82, 2.24) is 14.8 Å². The van der Waals surface area contributed by atoms with Crippen LogP contribution in [0.5, 0.6) is 5.75 Å². The van der Waals surface area contributed by atoms with E-state index in [4.69, 9.17) is 25.8 Å². The summed E-state index contributed by atoms with van der Waals surface area (Å²) in [5, 5.41) is 12.5. The minimum absolute atomic E-state index is 0.0151. The number of aromatic nitrogens is 3. The van der Waals surface area contributed by atoms with Gasteiger partial charge in [0.1, 0.15) is 15.6 Å². The van der Waals surface area contributed by atoms with E-state index in [1.165, 1.54) is 11.8 Å². The Balaban J connectivity index is 1.81. The summed E-state index contributed by atoms with van der Waals surface area (Å²) in [5.41, 5.74) is 1.22. The predicted molar refractivity (Wildman–Crippen MR) is 143 cm³/mol. The third-order valence-electron chi connectivity index (χ3n) is 5.11. The number of thioether (sulfide) groups is 1. The van der Waals surface area contributed by atoms with Crippen molar-refractivity contribution < 1.29 is 28.6 Å². The van der Waals surface area contributed by atoms with Crippen LogP contribution in [-0.2, 0) is 20.8 Å². The number of hydrogen-bond donors (Lipinski definition) is 1. The number of halogens is 1. The monoisotopic (exact) mass is 566 g/mol. The first-order valence-electron chi connectivity index (χ1n) is 11.4. The summed E-state index contributed by atoms with van der Waals surface area (Å²) in [6.45, 7) is 7.80. The van der Waals surface area contributed by atoms with Gasteiger partial charge in [0.25, 0.3) is 0 Å². The lowest BCUT2D eigenvalue weighted by atomic mass is 10.1. The fourth-order valence-corrected chi connectivity index (χ4v) is 5.55. The summed E-state index contributed by atoms with van der Waals surface area (Å²) in [6, 6.07) is 5.22. The Labute approximate surface area is 227 Å². The first-order valence-corrected chi connectivity index (χ1v) is 13.6. The SMILES string of the molecule is CCOC(=O)c1sc(NC(=O)CSc2nnc(-c3cc(Cl)ccc3OC)n2CC)c(C(=O)OCC)c1C. The average molecular weight is 567 g/mol. The number of methoxy groups -OCH3 is 1. The number of nitrogens with one attached hydrogen (secondary N) is 1.